The zero-order valence-corrected chi connectivity index (χ0v) is 12.2. The molecule has 0 spiro atoms. The van der Waals surface area contributed by atoms with Crippen LogP contribution in [0.25, 0.3) is 10.8 Å². The van der Waals surface area contributed by atoms with Gasteiger partial charge in [0.2, 0.25) is 0 Å². The lowest BCUT2D eigenvalue weighted by molar-refractivity contribution is -0.137. The smallest absolute Gasteiger partial charge is 0.416 e. The Balaban J connectivity index is 2.73. The van der Waals surface area contributed by atoms with E-state index in [1.165, 1.54) is 30.8 Å². The van der Waals surface area contributed by atoms with Gasteiger partial charge in [-0.05, 0) is 47.2 Å². The number of carboxylic acids is 1. The van der Waals surface area contributed by atoms with Crippen LogP contribution in [-0.4, -0.2) is 16.8 Å². The number of hydrogen-bond acceptors (Lipinski definition) is 2. The van der Waals surface area contributed by atoms with E-state index in [0.29, 0.717) is 16.0 Å². The molecule has 2 aromatic rings. The molecule has 6 heteroatoms. The quantitative estimate of drug-likeness (QED) is 0.812. The van der Waals surface area contributed by atoms with Crippen molar-refractivity contribution >= 4 is 28.5 Å². The molecule has 0 atom stereocenters. The predicted molar refractivity (Wildman–Crippen MR) is 77.0 cm³/mol. The van der Waals surface area contributed by atoms with Gasteiger partial charge in [0, 0.05) is 4.90 Å². The molecule has 0 saturated carbocycles. The highest BCUT2D eigenvalue weighted by atomic mass is 32.2. The molecular weight excluding hydrogens is 301 g/mol. The highest BCUT2D eigenvalue weighted by Gasteiger charge is 2.32. The summed E-state index contributed by atoms with van der Waals surface area (Å²) in [6, 6.07) is 5.41. The summed E-state index contributed by atoms with van der Waals surface area (Å²) in [7, 11) is 0. The van der Waals surface area contributed by atoms with Gasteiger partial charge in [-0.1, -0.05) is 13.0 Å². The third kappa shape index (κ3) is 3.15. The molecule has 21 heavy (non-hydrogen) atoms. The van der Waals surface area contributed by atoms with Gasteiger partial charge in [-0.3, -0.25) is 0 Å². The molecule has 0 saturated heterocycles. The number of carboxylic acid groups (broad SMARTS) is 1. The Morgan fingerprint density at radius 3 is 2.33 bits per heavy atom. The van der Waals surface area contributed by atoms with Crippen LogP contribution in [0.4, 0.5) is 13.2 Å². The molecule has 1 N–H and O–H groups in total. The van der Waals surface area contributed by atoms with Crippen LogP contribution in [0, 0.1) is 6.92 Å². The Bertz CT molecular complexity index is 708. The van der Waals surface area contributed by atoms with E-state index in [4.69, 9.17) is 0 Å². The third-order valence-electron chi connectivity index (χ3n) is 3.12. The fraction of sp³-hybridized carbons (Fsp3) is 0.267. The molecule has 0 fully saturated rings. The number of alkyl halides is 3. The van der Waals surface area contributed by atoms with Crippen LogP contribution in [0.15, 0.2) is 29.2 Å². The Kier molecular flexibility index (Phi) is 4.18. The van der Waals surface area contributed by atoms with Gasteiger partial charge >= 0.3 is 12.1 Å². The number of benzene rings is 2. The van der Waals surface area contributed by atoms with Crippen molar-refractivity contribution in [2.75, 3.05) is 5.75 Å². The lowest BCUT2D eigenvalue weighted by Crippen LogP contribution is -2.07. The minimum atomic E-state index is -4.45. The number of aryl methyl sites for hydroxylation is 1. The van der Waals surface area contributed by atoms with Gasteiger partial charge in [0.05, 0.1) is 11.1 Å². The maximum absolute atomic E-state index is 12.9. The molecule has 0 heterocycles. The molecule has 0 radical (unpaired) electrons. The largest absolute Gasteiger partial charge is 0.478 e. The van der Waals surface area contributed by atoms with Crippen molar-refractivity contribution in [1.82, 2.24) is 0 Å². The average Bonchev–Trinajstić information content (AvgIpc) is 2.36. The van der Waals surface area contributed by atoms with Gasteiger partial charge in [0.1, 0.15) is 0 Å². The highest BCUT2D eigenvalue weighted by molar-refractivity contribution is 7.99. The molecule has 112 valence electrons. The van der Waals surface area contributed by atoms with Crippen LogP contribution in [0.5, 0.6) is 0 Å². The molecule has 0 aliphatic rings. The molecule has 0 amide bonds. The Morgan fingerprint density at radius 2 is 1.81 bits per heavy atom. The van der Waals surface area contributed by atoms with Crippen LogP contribution >= 0.6 is 11.8 Å². The van der Waals surface area contributed by atoms with E-state index < -0.39 is 17.7 Å². The monoisotopic (exact) mass is 314 g/mol. The number of halogens is 3. The maximum Gasteiger partial charge on any atom is 0.416 e. The second kappa shape index (κ2) is 5.60. The summed E-state index contributed by atoms with van der Waals surface area (Å²) in [6.45, 7) is 3.29. The van der Waals surface area contributed by atoms with Crippen LogP contribution < -0.4 is 0 Å². The molecular formula is C15H13F3O2S. The number of aromatic carboxylic acids is 1. The third-order valence-corrected chi connectivity index (χ3v) is 4.06. The SMILES string of the molecule is CCSc1cc2cc(C)c(C(F)(F)F)cc2cc1C(=O)O. The Labute approximate surface area is 124 Å². The van der Waals surface area contributed by atoms with Gasteiger partial charge in [-0.2, -0.15) is 13.2 Å². The molecule has 2 aromatic carbocycles. The topological polar surface area (TPSA) is 37.3 Å². The molecule has 0 aliphatic heterocycles. The van der Waals surface area contributed by atoms with E-state index in [0.717, 1.165) is 6.07 Å². The second-order valence-electron chi connectivity index (χ2n) is 4.60. The molecule has 0 unspecified atom stereocenters. The van der Waals surface area contributed by atoms with Crippen LogP contribution in [0.2, 0.25) is 0 Å². The zero-order chi connectivity index (χ0) is 15.8. The van der Waals surface area contributed by atoms with E-state index in [9.17, 15) is 23.1 Å². The number of hydrogen-bond donors (Lipinski definition) is 1. The van der Waals surface area contributed by atoms with Crippen LogP contribution in [0.3, 0.4) is 0 Å². The zero-order valence-electron chi connectivity index (χ0n) is 11.4. The van der Waals surface area contributed by atoms with Crippen molar-refractivity contribution < 1.29 is 23.1 Å². The lowest BCUT2D eigenvalue weighted by atomic mass is 9.99. The Morgan fingerprint density at radius 1 is 1.19 bits per heavy atom. The van der Waals surface area contributed by atoms with Crippen molar-refractivity contribution in [2.45, 2.75) is 24.9 Å². The summed E-state index contributed by atoms with van der Waals surface area (Å²) in [5.41, 5.74) is -0.570. The summed E-state index contributed by atoms with van der Waals surface area (Å²) in [5.74, 6) is -0.451. The molecule has 0 aromatic heterocycles. The number of fused-ring (bicyclic) bond motifs is 1. The van der Waals surface area contributed by atoms with Crippen molar-refractivity contribution in [1.29, 1.82) is 0 Å². The Hall–Kier alpha value is -1.69. The summed E-state index contributed by atoms with van der Waals surface area (Å²) < 4.78 is 38.7. The standard InChI is InChI=1S/C15H13F3O2S/c1-3-21-13-7-9-4-8(2)12(15(16,17)18)6-10(9)5-11(13)14(19)20/h4-7H,3H2,1-2H3,(H,19,20). The molecule has 2 nitrogen and oxygen atoms in total. The summed E-state index contributed by atoms with van der Waals surface area (Å²) in [4.78, 5) is 11.8. The van der Waals surface area contributed by atoms with Gasteiger partial charge in [0.25, 0.3) is 0 Å². The minimum Gasteiger partial charge on any atom is -0.478 e. The number of carbonyl (C=O) groups is 1. The van der Waals surface area contributed by atoms with Gasteiger partial charge in [0.15, 0.2) is 0 Å². The van der Waals surface area contributed by atoms with E-state index in [-0.39, 0.29) is 16.5 Å². The number of thioether (sulfide) groups is 1. The average molecular weight is 314 g/mol. The predicted octanol–water partition coefficient (Wildman–Crippen LogP) is 4.98. The minimum absolute atomic E-state index is 0.0336. The number of rotatable bonds is 3. The van der Waals surface area contributed by atoms with Crippen molar-refractivity contribution in [3.05, 3.63) is 41.0 Å². The summed E-state index contributed by atoms with van der Waals surface area (Å²) >= 11 is 1.36. The van der Waals surface area contributed by atoms with E-state index in [2.05, 4.69) is 0 Å². The van der Waals surface area contributed by atoms with Gasteiger partial charge in [-0.25, -0.2) is 4.79 Å². The normalized spacial score (nSPS) is 11.9. The van der Waals surface area contributed by atoms with Crippen molar-refractivity contribution in [3.63, 3.8) is 0 Å². The lowest BCUT2D eigenvalue weighted by Gasteiger charge is -2.13. The maximum atomic E-state index is 12.9. The summed E-state index contributed by atoms with van der Waals surface area (Å²) in [6.07, 6.45) is -4.45. The fourth-order valence-corrected chi connectivity index (χ4v) is 3.01. The molecule has 0 bridgehead atoms. The second-order valence-corrected chi connectivity index (χ2v) is 5.90. The molecule has 0 aliphatic carbocycles. The van der Waals surface area contributed by atoms with E-state index in [1.807, 2.05) is 6.92 Å². The highest BCUT2D eigenvalue weighted by Crippen LogP contribution is 2.36. The van der Waals surface area contributed by atoms with E-state index >= 15 is 0 Å². The van der Waals surface area contributed by atoms with Crippen molar-refractivity contribution in [3.8, 4) is 0 Å². The van der Waals surface area contributed by atoms with Gasteiger partial charge < -0.3 is 5.11 Å². The summed E-state index contributed by atoms with van der Waals surface area (Å²) in [5, 5.41) is 10.1. The molecule has 2 rings (SSSR count). The first-order valence-corrected chi connectivity index (χ1v) is 7.24. The van der Waals surface area contributed by atoms with Gasteiger partial charge in [-0.15, -0.1) is 11.8 Å². The van der Waals surface area contributed by atoms with E-state index in [1.54, 1.807) is 6.07 Å². The first-order chi connectivity index (χ1) is 9.74. The fourth-order valence-electron chi connectivity index (χ4n) is 2.19. The van der Waals surface area contributed by atoms with Crippen LogP contribution in [-0.2, 0) is 6.18 Å². The first-order valence-electron chi connectivity index (χ1n) is 6.25. The first kappa shape index (κ1) is 15.7. The van der Waals surface area contributed by atoms with Crippen molar-refractivity contribution in [2.24, 2.45) is 0 Å². The van der Waals surface area contributed by atoms with Crippen LogP contribution in [0.1, 0.15) is 28.4 Å².